The summed E-state index contributed by atoms with van der Waals surface area (Å²) in [7, 11) is 1.50. The molecule has 152 valence electrons. The van der Waals surface area contributed by atoms with E-state index in [1.165, 1.54) is 36.3 Å². The van der Waals surface area contributed by atoms with Gasteiger partial charge in [-0.25, -0.2) is 14.1 Å². The Morgan fingerprint density at radius 2 is 1.76 bits per heavy atom. The Morgan fingerprint density at radius 1 is 1.10 bits per heavy atom. The molecule has 1 fully saturated rings. The number of urea groups is 1. The lowest BCUT2D eigenvalue weighted by Crippen LogP contribution is -2.39. The molecular weight excluding hydrogens is 377 g/mol. The van der Waals surface area contributed by atoms with E-state index in [-0.39, 0.29) is 19.6 Å². The van der Waals surface area contributed by atoms with E-state index in [1.54, 1.807) is 12.1 Å². The smallest absolute Gasteiger partial charge is 0.332 e. The van der Waals surface area contributed by atoms with Gasteiger partial charge in [-0.15, -0.1) is 0 Å². The number of methoxy groups -OCH3 is 1. The Kier molecular flexibility index (Phi) is 6.23. The van der Waals surface area contributed by atoms with Crippen molar-refractivity contribution in [1.82, 2.24) is 4.90 Å². The van der Waals surface area contributed by atoms with Crippen molar-refractivity contribution in [2.75, 3.05) is 30.5 Å². The SMILES string of the molecule is COCCN1C(=O)N(c2ccc(C)cc2)C(=O)[C@H]1CC(=O)Nc1ccc(F)cc1. The van der Waals surface area contributed by atoms with Gasteiger partial charge in [-0.05, 0) is 43.3 Å². The molecule has 7 nitrogen and oxygen atoms in total. The minimum Gasteiger partial charge on any atom is -0.383 e. The number of nitrogens with one attached hydrogen (secondary N) is 1. The summed E-state index contributed by atoms with van der Waals surface area (Å²) < 4.78 is 18.1. The molecule has 0 spiro atoms. The number of rotatable bonds is 7. The second kappa shape index (κ2) is 8.83. The van der Waals surface area contributed by atoms with Gasteiger partial charge >= 0.3 is 6.03 Å². The Hall–Kier alpha value is -3.26. The quantitative estimate of drug-likeness (QED) is 0.726. The third kappa shape index (κ3) is 4.60. The summed E-state index contributed by atoms with van der Waals surface area (Å²) in [4.78, 5) is 40.8. The van der Waals surface area contributed by atoms with Crippen LogP contribution in [0.5, 0.6) is 0 Å². The number of nitrogens with zero attached hydrogens (tertiary/aromatic N) is 2. The van der Waals surface area contributed by atoms with E-state index in [1.807, 2.05) is 19.1 Å². The maximum atomic E-state index is 13.0. The third-order valence-corrected chi connectivity index (χ3v) is 4.65. The van der Waals surface area contributed by atoms with Crippen LogP contribution in [0.3, 0.4) is 0 Å². The van der Waals surface area contributed by atoms with Gasteiger partial charge in [0.1, 0.15) is 11.9 Å². The summed E-state index contributed by atoms with van der Waals surface area (Å²) in [5.74, 6) is -1.33. The largest absolute Gasteiger partial charge is 0.383 e. The van der Waals surface area contributed by atoms with Crippen LogP contribution in [0.1, 0.15) is 12.0 Å². The van der Waals surface area contributed by atoms with Crippen LogP contribution in [0.4, 0.5) is 20.6 Å². The van der Waals surface area contributed by atoms with E-state index in [9.17, 15) is 18.8 Å². The molecule has 29 heavy (non-hydrogen) atoms. The number of hydrogen-bond acceptors (Lipinski definition) is 4. The molecule has 2 aromatic rings. The Morgan fingerprint density at radius 3 is 2.38 bits per heavy atom. The van der Waals surface area contributed by atoms with Crippen molar-refractivity contribution in [3.05, 3.63) is 59.9 Å². The molecule has 1 saturated heterocycles. The highest BCUT2D eigenvalue weighted by Gasteiger charge is 2.46. The maximum absolute atomic E-state index is 13.0. The molecule has 8 heteroatoms. The van der Waals surface area contributed by atoms with Crippen molar-refractivity contribution in [2.45, 2.75) is 19.4 Å². The highest BCUT2D eigenvalue weighted by atomic mass is 19.1. The van der Waals surface area contributed by atoms with Gasteiger partial charge in [0.05, 0.1) is 18.7 Å². The van der Waals surface area contributed by atoms with Crippen LogP contribution in [0.2, 0.25) is 0 Å². The van der Waals surface area contributed by atoms with E-state index in [2.05, 4.69) is 5.32 Å². The molecule has 2 aromatic carbocycles. The zero-order valence-electron chi connectivity index (χ0n) is 16.2. The minimum atomic E-state index is -0.945. The molecule has 0 bridgehead atoms. The summed E-state index contributed by atoms with van der Waals surface area (Å²) >= 11 is 0. The zero-order valence-corrected chi connectivity index (χ0v) is 16.2. The van der Waals surface area contributed by atoms with Crippen molar-refractivity contribution < 1.29 is 23.5 Å². The molecule has 1 aliphatic heterocycles. The summed E-state index contributed by atoms with van der Waals surface area (Å²) in [6, 6.07) is 10.9. The highest BCUT2D eigenvalue weighted by Crippen LogP contribution is 2.27. The molecule has 0 aromatic heterocycles. The molecule has 0 unspecified atom stereocenters. The molecule has 4 amide bonds. The lowest BCUT2D eigenvalue weighted by Gasteiger charge is -2.21. The number of amides is 4. The number of ether oxygens (including phenoxy) is 1. The number of anilines is 2. The molecule has 0 radical (unpaired) electrons. The minimum absolute atomic E-state index is 0.179. The summed E-state index contributed by atoms with van der Waals surface area (Å²) in [5.41, 5.74) is 1.86. The van der Waals surface area contributed by atoms with Crippen molar-refractivity contribution in [3.8, 4) is 0 Å². The van der Waals surface area contributed by atoms with E-state index < -0.39 is 29.7 Å². The predicted molar refractivity (Wildman–Crippen MR) is 106 cm³/mol. The lowest BCUT2D eigenvalue weighted by atomic mass is 10.1. The van der Waals surface area contributed by atoms with E-state index >= 15 is 0 Å². The van der Waals surface area contributed by atoms with Crippen molar-refractivity contribution in [3.63, 3.8) is 0 Å². The van der Waals surface area contributed by atoms with Crippen LogP contribution < -0.4 is 10.2 Å². The fourth-order valence-corrected chi connectivity index (χ4v) is 3.13. The van der Waals surface area contributed by atoms with Crippen molar-refractivity contribution in [2.24, 2.45) is 0 Å². The van der Waals surface area contributed by atoms with Crippen LogP contribution in [0.15, 0.2) is 48.5 Å². The Balaban J connectivity index is 1.79. The Labute approximate surface area is 168 Å². The Bertz CT molecular complexity index is 899. The molecule has 1 aliphatic rings. The topological polar surface area (TPSA) is 79.0 Å². The summed E-state index contributed by atoms with van der Waals surface area (Å²) in [5, 5.41) is 2.62. The molecule has 0 saturated carbocycles. The van der Waals surface area contributed by atoms with Gasteiger partial charge in [-0.3, -0.25) is 9.59 Å². The van der Waals surface area contributed by atoms with Gasteiger partial charge in [-0.2, -0.15) is 0 Å². The van der Waals surface area contributed by atoms with Gasteiger partial charge in [-0.1, -0.05) is 17.7 Å². The van der Waals surface area contributed by atoms with Crippen LogP contribution in [0.25, 0.3) is 0 Å². The van der Waals surface area contributed by atoms with Gasteiger partial charge in [0.2, 0.25) is 5.91 Å². The van der Waals surface area contributed by atoms with Crippen molar-refractivity contribution in [1.29, 1.82) is 0 Å². The van der Waals surface area contributed by atoms with E-state index in [0.29, 0.717) is 11.4 Å². The van der Waals surface area contributed by atoms with E-state index in [0.717, 1.165) is 10.5 Å². The number of halogens is 1. The fraction of sp³-hybridized carbons (Fsp3) is 0.286. The predicted octanol–water partition coefficient (Wildman–Crippen LogP) is 2.95. The standard InChI is InChI=1S/C21H22FN3O4/c1-14-3-9-17(10-4-14)25-20(27)18(24(21(25)28)11-12-29-2)13-19(26)23-16-7-5-15(22)6-8-16/h3-10,18H,11-13H2,1-2H3,(H,23,26)/t18-/m1/s1. The monoisotopic (exact) mass is 399 g/mol. The molecule has 3 rings (SSSR count). The second-order valence-corrected chi connectivity index (χ2v) is 6.75. The van der Waals surface area contributed by atoms with Gasteiger partial charge < -0.3 is 15.0 Å². The number of benzene rings is 2. The number of carbonyl (C=O) groups excluding carboxylic acids is 3. The van der Waals surface area contributed by atoms with Crippen LogP contribution in [-0.2, 0) is 14.3 Å². The van der Waals surface area contributed by atoms with Gasteiger partial charge in [0.15, 0.2) is 0 Å². The second-order valence-electron chi connectivity index (χ2n) is 6.75. The summed E-state index contributed by atoms with van der Waals surface area (Å²) in [6.45, 7) is 2.32. The van der Waals surface area contributed by atoms with E-state index in [4.69, 9.17) is 4.74 Å². The molecule has 0 aliphatic carbocycles. The molecule has 1 N–H and O–H groups in total. The fourth-order valence-electron chi connectivity index (χ4n) is 3.13. The number of imide groups is 1. The first-order chi connectivity index (χ1) is 13.9. The molecule has 1 atom stereocenters. The summed E-state index contributed by atoms with van der Waals surface area (Å²) in [6.07, 6.45) is -0.214. The highest BCUT2D eigenvalue weighted by molar-refractivity contribution is 6.22. The number of carbonyl (C=O) groups is 3. The number of hydrogen-bond donors (Lipinski definition) is 1. The van der Waals surface area contributed by atoms with Crippen molar-refractivity contribution >= 4 is 29.2 Å². The van der Waals surface area contributed by atoms with Gasteiger partial charge in [0, 0.05) is 19.3 Å². The normalized spacial score (nSPS) is 16.4. The average molecular weight is 399 g/mol. The van der Waals surface area contributed by atoms with Crippen LogP contribution in [-0.4, -0.2) is 49.0 Å². The first-order valence-electron chi connectivity index (χ1n) is 9.16. The third-order valence-electron chi connectivity index (χ3n) is 4.65. The van der Waals surface area contributed by atoms with Crippen LogP contribution in [0, 0.1) is 12.7 Å². The first kappa shape index (κ1) is 20.5. The average Bonchev–Trinajstić information content (AvgIpc) is 2.92. The maximum Gasteiger partial charge on any atom is 0.332 e. The lowest BCUT2D eigenvalue weighted by molar-refractivity contribution is -0.124. The van der Waals surface area contributed by atoms with Crippen LogP contribution >= 0.6 is 0 Å². The molecule has 1 heterocycles. The molecular formula is C21H22FN3O4. The number of aryl methyl sites for hydroxylation is 1. The zero-order chi connectivity index (χ0) is 21.0. The first-order valence-corrected chi connectivity index (χ1v) is 9.16. The van der Waals surface area contributed by atoms with Gasteiger partial charge in [0.25, 0.3) is 5.91 Å².